The Balaban J connectivity index is 1.73. The number of hydrogen-bond acceptors (Lipinski definition) is 2. The maximum atomic E-state index is 6.00. The van der Waals surface area contributed by atoms with E-state index in [0.29, 0.717) is 5.54 Å². The molecule has 2 fully saturated rings. The van der Waals surface area contributed by atoms with E-state index in [-0.39, 0.29) is 0 Å². The number of hydrogen-bond donors (Lipinski definition) is 2. The number of rotatable bonds is 6. The molecule has 0 atom stereocenters. The maximum Gasteiger partial charge on any atom is 0.0304 e. The van der Waals surface area contributed by atoms with Crippen LogP contribution in [0.25, 0.3) is 0 Å². The van der Waals surface area contributed by atoms with Gasteiger partial charge in [0.15, 0.2) is 0 Å². The van der Waals surface area contributed by atoms with E-state index in [4.69, 9.17) is 5.73 Å². The van der Waals surface area contributed by atoms with Crippen LogP contribution in [0.2, 0.25) is 0 Å². The van der Waals surface area contributed by atoms with Crippen LogP contribution in [0.4, 0.5) is 0 Å². The highest BCUT2D eigenvalue weighted by atomic mass is 15.0. The van der Waals surface area contributed by atoms with Crippen LogP contribution in [0.5, 0.6) is 0 Å². The molecule has 94 valence electrons. The molecule has 0 aromatic rings. The van der Waals surface area contributed by atoms with E-state index in [1.165, 1.54) is 57.9 Å². The minimum Gasteiger partial charge on any atom is -0.329 e. The standard InChI is InChI=1S/C14H28N2/c1-2-12-5-8-14(11-15,9-6-12)16-10-7-13-3-4-13/h12-13,16H,2-11,15H2,1H3. The summed E-state index contributed by atoms with van der Waals surface area (Å²) in [6, 6.07) is 0. The maximum absolute atomic E-state index is 6.00. The van der Waals surface area contributed by atoms with Gasteiger partial charge in [0, 0.05) is 12.1 Å². The van der Waals surface area contributed by atoms with Crippen molar-refractivity contribution in [2.24, 2.45) is 17.6 Å². The second kappa shape index (κ2) is 5.50. The molecule has 0 amide bonds. The average molecular weight is 224 g/mol. The van der Waals surface area contributed by atoms with Gasteiger partial charge < -0.3 is 11.1 Å². The van der Waals surface area contributed by atoms with Crippen LogP contribution in [0.1, 0.15) is 58.3 Å². The molecule has 2 aliphatic rings. The Morgan fingerprint density at radius 2 is 1.81 bits per heavy atom. The molecule has 0 radical (unpaired) electrons. The second-order valence-corrected chi connectivity index (χ2v) is 5.99. The van der Waals surface area contributed by atoms with E-state index in [1.54, 1.807) is 0 Å². The molecule has 0 heterocycles. The molecule has 0 aromatic carbocycles. The lowest BCUT2D eigenvalue weighted by atomic mass is 9.75. The first-order valence-electron chi connectivity index (χ1n) is 7.23. The van der Waals surface area contributed by atoms with Crippen molar-refractivity contribution in [2.45, 2.75) is 63.8 Å². The molecule has 0 unspecified atom stereocenters. The van der Waals surface area contributed by atoms with Crippen molar-refractivity contribution in [3.8, 4) is 0 Å². The van der Waals surface area contributed by atoms with Gasteiger partial charge in [-0.3, -0.25) is 0 Å². The smallest absolute Gasteiger partial charge is 0.0304 e. The number of nitrogens with two attached hydrogens (primary N) is 1. The highest BCUT2D eigenvalue weighted by Crippen LogP contribution is 2.35. The summed E-state index contributed by atoms with van der Waals surface area (Å²) in [5, 5.41) is 3.78. The second-order valence-electron chi connectivity index (χ2n) is 5.99. The summed E-state index contributed by atoms with van der Waals surface area (Å²) in [5.41, 5.74) is 6.29. The summed E-state index contributed by atoms with van der Waals surface area (Å²) in [4.78, 5) is 0. The first-order valence-corrected chi connectivity index (χ1v) is 7.23. The van der Waals surface area contributed by atoms with Gasteiger partial charge in [0.05, 0.1) is 0 Å². The average Bonchev–Trinajstić information content (AvgIpc) is 3.14. The Morgan fingerprint density at radius 3 is 2.31 bits per heavy atom. The lowest BCUT2D eigenvalue weighted by molar-refractivity contribution is 0.190. The van der Waals surface area contributed by atoms with Crippen LogP contribution in [-0.2, 0) is 0 Å². The van der Waals surface area contributed by atoms with Gasteiger partial charge >= 0.3 is 0 Å². The van der Waals surface area contributed by atoms with Crippen LogP contribution < -0.4 is 11.1 Å². The molecular formula is C14H28N2. The van der Waals surface area contributed by atoms with Gasteiger partial charge in [-0.25, -0.2) is 0 Å². The number of nitrogens with one attached hydrogen (secondary N) is 1. The molecule has 16 heavy (non-hydrogen) atoms. The fourth-order valence-electron chi connectivity index (χ4n) is 3.04. The highest BCUT2D eigenvalue weighted by molar-refractivity contribution is 4.94. The summed E-state index contributed by atoms with van der Waals surface area (Å²) >= 11 is 0. The Kier molecular flexibility index (Phi) is 4.26. The molecule has 0 spiro atoms. The van der Waals surface area contributed by atoms with Crippen LogP contribution in [0.15, 0.2) is 0 Å². The molecule has 0 saturated heterocycles. The quantitative estimate of drug-likeness (QED) is 0.728. The summed E-state index contributed by atoms with van der Waals surface area (Å²) in [6.45, 7) is 4.34. The van der Waals surface area contributed by atoms with Crippen molar-refractivity contribution >= 4 is 0 Å². The predicted octanol–water partition coefficient (Wildman–Crippen LogP) is 2.67. The van der Waals surface area contributed by atoms with E-state index in [9.17, 15) is 0 Å². The van der Waals surface area contributed by atoms with Gasteiger partial charge in [-0.05, 0) is 50.5 Å². The molecule has 0 aromatic heterocycles. The first-order chi connectivity index (χ1) is 7.78. The topological polar surface area (TPSA) is 38.0 Å². The van der Waals surface area contributed by atoms with Crippen molar-refractivity contribution in [1.29, 1.82) is 0 Å². The monoisotopic (exact) mass is 224 g/mol. The summed E-state index contributed by atoms with van der Waals surface area (Å²) in [7, 11) is 0. The van der Waals surface area contributed by atoms with E-state index < -0.39 is 0 Å². The van der Waals surface area contributed by atoms with Crippen LogP contribution in [0, 0.1) is 11.8 Å². The van der Waals surface area contributed by atoms with Crippen molar-refractivity contribution < 1.29 is 0 Å². The zero-order valence-electron chi connectivity index (χ0n) is 10.8. The molecule has 2 rings (SSSR count). The zero-order chi connectivity index (χ0) is 11.4. The van der Waals surface area contributed by atoms with Crippen molar-refractivity contribution in [3.63, 3.8) is 0 Å². The summed E-state index contributed by atoms with van der Waals surface area (Å²) < 4.78 is 0. The Hall–Kier alpha value is -0.0800. The van der Waals surface area contributed by atoms with Gasteiger partial charge in [0.1, 0.15) is 0 Å². The van der Waals surface area contributed by atoms with Crippen LogP contribution in [-0.4, -0.2) is 18.6 Å². The lowest BCUT2D eigenvalue weighted by Gasteiger charge is -2.40. The largest absolute Gasteiger partial charge is 0.329 e. The van der Waals surface area contributed by atoms with Crippen LogP contribution >= 0.6 is 0 Å². The Bertz CT molecular complexity index is 203. The van der Waals surface area contributed by atoms with Crippen LogP contribution in [0.3, 0.4) is 0 Å². The van der Waals surface area contributed by atoms with Gasteiger partial charge in [-0.2, -0.15) is 0 Å². The minimum absolute atomic E-state index is 0.292. The molecule has 2 heteroatoms. The van der Waals surface area contributed by atoms with Gasteiger partial charge in [0.25, 0.3) is 0 Å². The summed E-state index contributed by atoms with van der Waals surface area (Å²) in [6.07, 6.45) is 11.0. The highest BCUT2D eigenvalue weighted by Gasteiger charge is 2.33. The molecule has 2 aliphatic carbocycles. The van der Waals surface area contributed by atoms with E-state index in [2.05, 4.69) is 12.2 Å². The van der Waals surface area contributed by atoms with Crippen molar-refractivity contribution in [3.05, 3.63) is 0 Å². The third-order valence-corrected chi connectivity index (χ3v) is 4.78. The SMILES string of the molecule is CCC1CCC(CN)(NCCC2CC2)CC1. The third-order valence-electron chi connectivity index (χ3n) is 4.78. The Morgan fingerprint density at radius 1 is 1.12 bits per heavy atom. The molecule has 3 N–H and O–H groups in total. The van der Waals surface area contributed by atoms with Gasteiger partial charge in [0.2, 0.25) is 0 Å². The molecule has 0 aliphatic heterocycles. The third kappa shape index (κ3) is 3.21. The predicted molar refractivity (Wildman–Crippen MR) is 69.4 cm³/mol. The summed E-state index contributed by atoms with van der Waals surface area (Å²) in [5.74, 6) is 2.00. The molecule has 0 bridgehead atoms. The van der Waals surface area contributed by atoms with Crippen molar-refractivity contribution in [1.82, 2.24) is 5.32 Å². The molecule has 2 nitrogen and oxygen atoms in total. The van der Waals surface area contributed by atoms with E-state index in [0.717, 1.165) is 18.4 Å². The fourth-order valence-corrected chi connectivity index (χ4v) is 3.04. The van der Waals surface area contributed by atoms with Gasteiger partial charge in [-0.15, -0.1) is 0 Å². The molecule has 2 saturated carbocycles. The normalized spacial score (nSPS) is 35.2. The Labute approximate surface area is 100 Å². The molecular weight excluding hydrogens is 196 g/mol. The van der Waals surface area contributed by atoms with Gasteiger partial charge in [-0.1, -0.05) is 26.2 Å². The van der Waals surface area contributed by atoms with E-state index >= 15 is 0 Å². The first kappa shape index (κ1) is 12.4. The minimum atomic E-state index is 0.292. The lowest BCUT2D eigenvalue weighted by Crippen LogP contribution is -2.53. The fraction of sp³-hybridized carbons (Fsp3) is 1.00. The van der Waals surface area contributed by atoms with Crippen molar-refractivity contribution in [2.75, 3.05) is 13.1 Å². The zero-order valence-corrected chi connectivity index (χ0v) is 10.8. The van der Waals surface area contributed by atoms with E-state index in [1.807, 2.05) is 0 Å².